The van der Waals surface area contributed by atoms with Gasteiger partial charge in [-0.15, -0.1) is 0 Å². The number of hydrogen-bond donors (Lipinski definition) is 1. The van der Waals surface area contributed by atoms with Crippen LogP contribution in [0.1, 0.15) is 49.3 Å². The fourth-order valence-electron chi connectivity index (χ4n) is 3.90. The average Bonchev–Trinajstić information content (AvgIpc) is 3.18. The molecule has 5 heteroatoms. The lowest BCUT2D eigenvalue weighted by molar-refractivity contribution is -0.140. The molecule has 0 unspecified atom stereocenters. The van der Waals surface area contributed by atoms with Gasteiger partial charge < -0.3 is 10.2 Å². The predicted molar refractivity (Wildman–Crippen MR) is 119 cm³/mol. The van der Waals surface area contributed by atoms with Gasteiger partial charge in [-0.3, -0.25) is 9.59 Å². The lowest BCUT2D eigenvalue weighted by atomic mass is 10.1. The second kappa shape index (κ2) is 10.1. The standard InChI is InChI=1S/C24H29BrN2O2/c1-17-7-5-8-19(13-17)15-23(28)27(16-20-9-6-10-21(25)14-20)18(2)24(29)26-22-11-3-4-12-22/h5-10,13-14,18,22H,3-4,11-12,15-16H2,1-2H3,(H,26,29)/t18-/m0/s1. The predicted octanol–water partition coefficient (Wildman–Crippen LogP) is 4.78. The van der Waals surface area contributed by atoms with Crippen molar-refractivity contribution < 1.29 is 9.59 Å². The summed E-state index contributed by atoms with van der Waals surface area (Å²) in [6.07, 6.45) is 4.67. The molecule has 0 spiro atoms. The third kappa shape index (κ3) is 6.17. The Kier molecular flexibility index (Phi) is 7.48. The molecule has 0 aliphatic heterocycles. The molecule has 2 amide bonds. The first kappa shape index (κ1) is 21.6. The number of aryl methyl sites for hydroxylation is 1. The van der Waals surface area contributed by atoms with Gasteiger partial charge in [0.05, 0.1) is 6.42 Å². The van der Waals surface area contributed by atoms with Crippen molar-refractivity contribution in [1.82, 2.24) is 10.2 Å². The molecule has 0 aromatic heterocycles. The van der Waals surface area contributed by atoms with Gasteiger partial charge in [-0.05, 0) is 49.9 Å². The van der Waals surface area contributed by atoms with Crippen LogP contribution >= 0.6 is 15.9 Å². The molecule has 2 aromatic rings. The van der Waals surface area contributed by atoms with Crippen molar-refractivity contribution in [2.45, 2.75) is 64.6 Å². The molecule has 1 aliphatic rings. The first-order valence-corrected chi connectivity index (χ1v) is 11.1. The largest absolute Gasteiger partial charge is 0.352 e. The van der Waals surface area contributed by atoms with Crippen LogP contribution in [0.2, 0.25) is 0 Å². The molecule has 4 nitrogen and oxygen atoms in total. The molecule has 1 saturated carbocycles. The Balaban J connectivity index is 1.77. The Bertz CT molecular complexity index is 861. The van der Waals surface area contributed by atoms with Crippen LogP contribution in [0.25, 0.3) is 0 Å². The smallest absolute Gasteiger partial charge is 0.242 e. The molecule has 0 heterocycles. The Morgan fingerprint density at radius 1 is 1.10 bits per heavy atom. The van der Waals surface area contributed by atoms with Gasteiger partial charge in [0.15, 0.2) is 0 Å². The van der Waals surface area contributed by atoms with Crippen molar-refractivity contribution in [1.29, 1.82) is 0 Å². The van der Waals surface area contributed by atoms with Gasteiger partial charge in [0.2, 0.25) is 11.8 Å². The summed E-state index contributed by atoms with van der Waals surface area (Å²) in [5.74, 6) is -0.103. The summed E-state index contributed by atoms with van der Waals surface area (Å²) in [6.45, 7) is 4.25. The van der Waals surface area contributed by atoms with Crippen LogP contribution in [-0.4, -0.2) is 28.8 Å². The molecule has 0 saturated heterocycles. The molecule has 1 fully saturated rings. The van der Waals surface area contributed by atoms with E-state index in [1.54, 1.807) is 4.90 Å². The number of nitrogens with zero attached hydrogens (tertiary/aromatic N) is 1. The van der Waals surface area contributed by atoms with Gasteiger partial charge in [-0.1, -0.05) is 70.7 Å². The van der Waals surface area contributed by atoms with E-state index in [1.165, 1.54) is 0 Å². The van der Waals surface area contributed by atoms with Crippen LogP contribution in [0.3, 0.4) is 0 Å². The molecule has 2 aromatic carbocycles. The van der Waals surface area contributed by atoms with Crippen molar-refractivity contribution in [3.63, 3.8) is 0 Å². The Labute approximate surface area is 181 Å². The SMILES string of the molecule is Cc1cccc(CC(=O)N(Cc2cccc(Br)c2)[C@@H](C)C(=O)NC2CCCC2)c1. The number of carbonyl (C=O) groups is 2. The Hall–Kier alpha value is -2.14. The van der Waals surface area contributed by atoms with E-state index in [4.69, 9.17) is 0 Å². The van der Waals surface area contributed by atoms with Crippen molar-refractivity contribution >= 4 is 27.7 Å². The van der Waals surface area contributed by atoms with Crippen molar-refractivity contribution in [2.75, 3.05) is 0 Å². The maximum atomic E-state index is 13.2. The molecular formula is C24H29BrN2O2. The molecule has 29 heavy (non-hydrogen) atoms. The molecule has 0 bridgehead atoms. The maximum Gasteiger partial charge on any atom is 0.242 e. The van der Waals surface area contributed by atoms with Gasteiger partial charge in [-0.25, -0.2) is 0 Å². The van der Waals surface area contributed by atoms with Crippen LogP contribution in [0, 0.1) is 6.92 Å². The summed E-state index contributed by atoms with van der Waals surface area (Å²) in [4.78, 5) is 27.8. The average molecular weight is 457 g/mol. The summed E-state index contributed by atoms with van der Waals surface area (Å²) >= 11 is 3.49. The van der Waals surface area contributed by atoms with E-state index in [1.807, 2.05) is 62.4 Å². The highest BCUT2D eigenvalue weighted by atomic mass is 79.9. The van der Waals surface area contributed by atoms with Gasteiger partial charge in [0.25, 0.3) is 0 Å². The summed E-state index contributed by atoms with van der Waals surface area (Å²) in [5.41, 5.74) is 3.09. The highest BCUT2D eigenvalue weighted by Gasteiger charge is 2.28. The Morgan fingerprint density at radius 3 is 2.48 bits per heavy atom. The van der Waals surface area contributed by atoms with E-state index < -0.39 is 6.04 Å². The number of rotatable bonds is 7. The monoisotopic (exact) mass is 456 g/mol. The minimum Gasteiger partial charge on any atom is -0.352 e. The van der Waals surface area contributed by atoms with E-state index in [0.717, 1.165) is 46.8 Å². The van der Waals surface area contributed by atoms with E-state index in [2.05, 4.69) is 21.2 Å². The van der Waals surface area contributed by atoms with Crippen LogP contribution < -0.4 is 5.32 Å². The molecule has 154 valence electrons. The first-order chi connectivity index (χ1) is 13.9. The number of hydrogen-bond acceptors (Lipinski definition) is 2. The molecule has 0 radical (unpaired) electrons. The molecule has 1 atom stereocenters. The van der Waals surface area contributed by atoms with Gasteiger partial charge in [0.1, 0.15) is 6.04 Å². The number of halogens is 1. The van der Waals surface area contributed by atoms with Gasteiger partial charge in [-0.2, -0.15) is 0 Å². The summed E-state index contributed by atoms with van der Waals surface area (Å²) in [7, 11) is 0. The van der Waals surface area contributed by atoms with E-state index in [-0.39, 0.29) is 24.3 Å². The van der Waals surface area contributed by atoms with E-state index in [0.29, 0.717) is 6.54 Å². The highest BCUT2D eigenvalue weighted by Crippen LogP contribution is 2.20. The second-order valence-electron chi connectivity index (χ2n) is 7.98. The van der Waals surface area contributed by atoms with E-state index in [9.17, 15) is 9.59 Å². The topological polar surface area (TPSA) is 49.4 Å². The van der Waals surface area contributed by atoms with Gasteiger partial charge in [0, 0.05) is 17.1 Å². The van der Waals surface area contributed by atoms with Crippen molar-refractivity contribution in [2.24, 2.45) is 0 Å². The second-order valence-corrected chi connectivity index (χ2v) is 8.90. The number of amides is 2. The fourth-order valence-corrected chi connectivity index (χ4v) is 4.35. The fraction of sp³-hybridized carbons (Fsp3) is 0.417. The summed E-state index contributed by atoms with van der Waals surface area (Å²) < 4.78 is 0.962. The quantitative estimate of drug-likeness (QED) is 0.651. The van der Waals surface area contributed by atoms with E-state index >= 15 is 0 Å². The minimum absolute atomic E-state index is 0.0374. The summed E-state index contributed by atoms with van der Waals surface area (Å²) in [6, 6.07) is 15.6. The van der Waals surface area contributed by atoms with Gasteiger partial charge >= 0.3 is 0 Å². The zero-order chi connectivity index (χ0) is 20.8. The highest BCUT2D eigenvalue weighted by molar-refractivity contribution is 9.10. The third-order valence-electron chi connectivity index (χ3n) is 5.55. The third-order valence-corrected chi connectivity index (χ3v) is 6.04. The zero-order valence-electron chi connectivity index (χ0n) is 17.2. The van der Waals surface area contributed by atoms with Crippen LogP contribution in [0.4, 0.5) is 0 Å². The normalized spacial score (nSPS) is 15.1. The van der Waals surface area contributed by atoms with Crippen LogP contribution in [-0.2, 0) is 22.6 Å². The Morgan fingerprint density at radius 2 is 1.79 bits per heavy atom. The zero-order valence-corrected chi connectivity index (χ0v) is 18.7. The number of nitrogens with one attached hydrogen (secondary N) is 1. The van der Waals surface area contributed by atoms with Crippen molar-refractivity contribution in [3.05, 3.63) is 69.7 Å². The number of carbonyl (C=O) groups excluding carboxylic acids is 2. The molecule has 3 rings (SSSR count). The molecule has 1 aliphatic carbocycles. The maximum absolute atomic E-state index is 13.2. The minimum atomic E-state index is -0.521. The van der Waals surface area contributed by atoms with Crippen LogP contribution in [0.5, 0.6) is 0 Å². The lowest BCUT2D eigenvalue weighted by Crippen LogP contribution is -2.50. The van der Waals surface area contributed by atoms with Crippen LogP contribution in [0.15, 0.2) is 53.0 Å². The number of benzene rings is 2. The lowest BCUT2D eigenvalue weighted by Gasteiger charge is -2.30. The summed E-state index contributed by atoms with van der Waals surface area (Å²) in [5, 5.41) is 3.14. The first-order valence-electron chi connectivity index (χ1n) is 10.3. The molecular weight excluding hydrogens is 428 g/mol. The van der Waals surface area contributed by atoms with Crippen molar-refractivity contribution in [3.8, 4) is 0 Å². The molecule has 1 N–H and O–H groups in total.